The molecule has 0 saturated heterocycles. The number of aryl methyl sites for hydroxylation is 1. The number of carbonyl (C=O) groups excluding carboxylic acids is 1. The minimum atomic E-state index is -0.0126. The number of hydrogen-bond acceptors (Lipinski definition) is 3. The van der Waals surface area contributed by atoms with E-state index in [0.717, 1.165) is 11.4 Å². The largest absolute Gasteiger partial charge is 0.333 e. The van der Waals surface area contributed by atoms with Gasteiger partial charge in [0, 0.05) is 17.1 Å². The molecule has 0 spiro atoms. The number of nitrogens with zero attached hydrogens (tertiary/aromatic N) is 2. The van der Waals surface area contributed by atoms with Crippen LogP contribution in [0.3, 0.4) is 0 Å². The van der Waals surface area contributed by atoms with Crippen molar-refractivity contribution in [2.45, 2.75) is 25.3 Å². The third-order valence-corrected chi connectivity index (χ3v) is 3.49. The Morgan fingerprint density at radius 2 is 1.95 bits per heavy atom. The van der Waals surface area contributed by atoms with Crippen LogP contribution in [0.25, 0.3) is 0 Å². The molecule has 3 nitrogen and oxygen atoms in total. The van der Waals surface area contributed by atoms with Gasteiger partial charge < -0.3 is 4.90 Å². The van der Waals surface area contributed by atoms with Crippen molar-refractivity contribution in [2.75, 3.05) is 6.54 Å². The Bertz CT molecular complexity index is 613. The minimum absolute atomic E-state index is 0.0126. The second-order valence-electron chi connectivity index (χ2n) is 4.61. The van der Waals surface area contributed by atoms with Gasteiger partial charge in [-0.25, -0.2) is 0 Å². The molecule has 0 aliphatic rings. The first kappa shape index (κ1) is 14.6. The zero-order valence-electron chi connectivity index (χ0n) is 11.7. The molecule has 0 radical (unpaired) electrons. The third-order valence-electron chi connectivity index (χ3n) is 3.10. The molecule has 0 aliphatic heterocycles. The second kappa shape index (κ2) is 6.57. The van der Waals surface area contributed by atoms with Crippen LogP contribution in [0.4, 0.5) is 0 Å². The fourth-order valence-electron chi connectivity index (χ4n) is 2.04. The summed E-state index contributed by atoms with van der Waals surface area (Å²) in [7, 11) is 0. The summed E-state index contributed by atoms with van der Waals surface area (Å²) in [6.45, 7) is 5.06. The van der Waals surface area contributed by atoms with Crippen LogP contribution in [0.15, 0.2) is 47.4 Å². The molecular weight excluding hydrogens is 268 g/mol. The summed E-state index contributed by atoms with van der Waals surface area (Å²) in [6, 6.07) is 13.2. The molecule has 0 fully saturated rings. The van der Waals surface area contributed by atoms with Crippen LogP contribution in [0, 0.1) is 6.92 Å². The quantitative estimate of drug-likeness (QED) is 0.875. The smallest absolute Gasteiger partial charge is 0.255 e. The van der Waals surface area contributed by atoms with Gasteiger partial charge in [-0.05, 0) is 38.1 Å². The normalized spacial score (nSPS) is 10.3. The van der Waals surface area contributed by atoms with Gasteiger partial charge in [-0.2, -0.15) is 0 Å². The van der Waals surface area contributed by atoms with Crippen molar-refractivity contribution >= 4 is 18.5 Å². The Hall–Kier alpha value is -1.81. The van der Waals surface area contributed by atoms with Crippen LogP contribution in [0.2, 0.25) is 0 Å². The molecule has 4 heteroatoms. The van der Waals surface area contributed by atoms with Crippen molar-refractivity contribution in [1.82, 2.24) is 9.88 Å². The van der Waals surface area contributed by atoms with Crippen LogP contribution in [0.1, 0.15) is 28.7 Å². The number of hydrogen-bond donors (Lipinski definition) is 1. The number of pyridine rings is 1. The molecule has 0 bridgehead atoms. The molecule has 20 heavy (non-hydrogen) atoms. The Morgan fingerprint density at radius 1 is 1.20 bits per heavy atom. The summed E-state index contributed by atoms with van der Waals surface area (Å²) in [5.41, 5.74) is 2.49. The van der Waals surface area contributed by atoms with Crippen LogP contribution in [0.5, 0.6) is 0 Å². The Labute approximate surface area is 125 Å². The van der Waals surface area contributed by atoms with E-state index in [2.05, 4.69) is 17.6 Å². The van der Waals surface area contributed by atoms with E-state index in [1.165, 1.54) is 0 Å². The van der Waals surface area contributed by atoms with Crippen molar-refractivity contribution in [1.29, 1.82) is 0 Å². The summed E-state index contributed by atoms with van der Waals surface area (Å²) in [5.74, 6) is -0.0126. The van der Waals surface area contributed by atoms with Gasteiger partial charge in [-0.1, -0.05) is 18.2 Å². The number of aromatic nitrogens is 1. The number of amides is 1. The molecule has 2 rings (SSSR count). The average molecular weight is 286 g/mol. The highest BCUT2D eigenvalue weighted by Gasteiger charge is 2.16. The van der Waals surface area contributed by atoms with Crippen LogP contribution in [-0.4, -0.2) is 22.3 Å². The average Bonchev–Trinajstić information content (AvgIpc) is 2.44. The van der Waals surface area contributed by atoms with E-state index in [1.807, 2.05) is 50.2 Å². The molecule has 0 atom stereocenters. The van der Waals surface area contributed by atoms with E-state index in [4.69, 9.17) is 0 Å². The summed E-state index contributed by atoms with van der Waals surface area (Å²) in [5, 5.41) is 0. The lowest BCUT2D eigenvalue weighted by Gasteiger charge is -2.21. The molecule has 2 aromatic rings. The summed E-state index contributed by atoms with van der Waals surface area (Å²) < 4.78 is 0. The van der Waals surface area contributed by atoms with Gasteiger partial charge in [0.1, 0.15) is 0 Å². The van der Waals surface area contributed by atoms with E-state index in [9.17, 15) is 4.79 Å². The molecule has 0 unspecified atom stereocenters. The zero-order chi connectivity index (χ0) is 14.5. The summed E-state index contributed by atoms with van der Waals surface area (Å²) in [4.78, 5) is 19.5. The van der Waals surface area contributed by atoms with Crippen LogP contribution >= 0.6 is 12.6 Å². The third kappa shape index (κ3) is 3.39. The molecule has 1 aromatic heterocycles. The maximum atomic E-state index is 12.5. The highest BCUT2D eigenvalue weighted by molar-refractivity contribution is 7.80. The van der Waals surface area contributed by atoms with Crippen LogP contribution in [-0.2, 0) is 6.54 Å². The molecule has 0 N–H and O–H groups in total. The number of carbonyl (C=O) groups is 1. The van der Waals surface area contributed by atoms with E-state index >= 15 is 0 Å². The molecule has 104 valence electrons. The second-order valence-corrected chi connectivity index (χ2v) is 5.09. The van der Waals surface area contributed by atoms with Gasteiger partial charge in [-0.3, -0.25) is 9.78 Å². The van der Waals surface area contributed by atoms with Crippen molar-refractivity contribution in [3.63, 3.8) is 0 Å². The van der Waals surface area contributed by atoms with Gasteiger partial charge in [0.25, 0.3) is 5.91 Å². The molecule has 1 amide bonds. The van der Waals surface area contributed by atoms with Crippen molar-refractivity contribution in [3.8, 4) is 0 Å². The van der Waals surface area contributed by atoms with Crippen LogP contribution < -0.4 is 0 Å². The lowest BCUT2D eigenvalue weighted by atomic mass is 10.2. The van der Waals surface area contributed by atoms with Gasteiger partial charge in [-0.15, -0.1) is 12.6 Å². The van der Waals surface area contributed by atoms with Gasteiger partial charge >= 0.3 is 0 Å². The van der Waals surface area contributed by atoms with Crippen molar-refractivity contribution in [3.05, 3.63) is 59.4 Å². The zero-order valence-corrected chi connectivity index (χ0v) is 12.6. The molecule has 1 aromatic carbocycles. The first-order valence-electron chi connectivity index (χ1n) is 6.61. The Balaban J connectivity index is 2.20. The van der Waals surface area contributed by atoms with Crippen molar-refractivity contribution < 1.29 is 4.79 Å². The molecule has 0 aliphatic carbocycles. The Kier molecular flexibility index (Phi) is 4.79. The minimum Gasteiger partial charge on any atom is -0.333 e. The van der Waals surface area contributed by atoms with E-state index in [0.29, 0.717) is 23.5 Å². The van der Waals surface area contributed by atoms with E-state index in [1.54, 1.807) is 11.0 Å². The highest BCUT2D eigenvalue weighted by Crippen LogP contribution is 2.16. The first-order valence-corrected chi connectivity index (χ1v) is 7.06. The first-order chi connectivity index (χ1) is 9.61. The highest BCUT2D eigenvalue weighted by atomic mass is 32.1. The lowest BCUT2D eigenvalue weighted by Crippen LogP contribution is -2.31. The molecule has 0 saturated carbocycles. The van der Waals surface area contributed by atoms with Gasteiger partial charge in [0.2, 0.25) is 0 Å². The summed E-state index contributed by atoms with van der Waals surface area (Å²) >= 11 is 4.35. The lowest BCUT2D eigenvalue weighted by molar-refractivity contribution is 0.0747. The standard InChI is InChI=1S/C16H18N2OS/c1-3-18(11-13-8-6-7-12(2)17-13)16(19)14-9-4-5-10-15(14)20/h4-10,20H,3,11H2,1-2H3. The van der Waals surface area contributed by atoms with Gasteiger partial charge in [0.05, 0.1) is 17.8 Å². The van der Waals surface area contributed by atoms with E-state index in [-0.39, 0.29) is 5.91 Å². The summed E-state index contributed by atoms with van der Waals surface area (Å²) in [6.07, 6.45) is 0. The predicted molar refractivity (Wildman–Crippen MR) is 83.1 cm³/mol. The number of thiol groups is 1. The van der Waals surface area contributed by atoms with Gasteiger partial charge in [0.15, 0.2) is 0 Å². The fourth-order valence-corrected chi connectivity index (χ4v) is 2.29. The predicted octanol–water partition coefficient (Wildman–Crippen LogP) is 3.34. The Morgan fingerprint density at radius 3 is 2.60 bits per heavy atom. The fraction of sp³-hybridized carbons (Fsp3) is 0.250. The molecule has 1 heterocycles. The topological polar surface area (TPSA) is 33.2 Å². The van der Waals surface area contributed by atoms with E-state index < -0.39 is 0 Å². The monoisotopic (exact) mass is 286 g/mol. The van der Waals surface area contributed by atoms with Crippen molar-refractivity contribution in [2.24, 2.45) is 0 Å². The maximum Gasteiger partial charge on any atom is 0.255 e. The maximum absolute atomic E-state index is 12.5. The number of rotatable bonds is 4. The SMILES string of the molecule is CCN(Cc1cccc(C)n1)C(=O)c1ccccc1S. The number of benzene rings is 1. The molecular formula is C16H18N2OS.